The lowest BCUT2D eigenvalue weighted by molar-refractivity contribution is 0.563. The van der Waals surface area contributed by atoms with Crippen molar-refractivity contribution in [2.45, 2.75) is 19.4 Å². The maximum Gasteiger partial charge on any atom is 0.320 e. The minimum atomic E-state index is -3.33. The molecular weight excluding hydrogens is 140 g/mol. The van der Waals surface area contributed by atoms with E-state index in [1.807, 2.05) is 0 Å². The molecule has 0 aromatic rings. The Balaban J connectivity index is 2.97. The van der Waals surface area contributed by atoms with Crippen molar-refractivity contribution < 1.29 is 8.42 Å². The SMILES string of the molecule is CC1(C)C=NS(=O)(=O)N1. The van der Waals surface area contributed by atoms with Crippen LogP contribution in [-0.2, 0) is 10.2 Å². The molecule has 0 atom stereocenters. The number of nitrogens with one attached hydrogen (secondary N) is 1. The lowest BCUT2D eigenvalue weighted by Gasteiger charge is -2.10. The van der Waals surface area contributed by atoms with Crippen molar-refractivity contribution in [1.82, 2.24) is 4.72 Å². The van der Waals surface area contributed by atoms with Crippen LogP contribution in [0.3, 0.4) is 0 Å². The van der Waals surface area contributed by atoms with Gasteiger partial charge in [-0.2, -0.15) is 17.5 Å². The van der Waals surface area contributed by atoms with Crippen LogP contribution >= 0.6 is 0 Å². The van der Waals surface area contributed by atoms with E-state index in [2.05, 4.69) is 9.12 Å². The van der Waals surface area contributed by atoms with E-state index in [0.717, 1.165) is 0 Å². The van der Waals surface area contributed by atoms with Gasteiger partial charge in [0.1, 0.15) is 0 Å². The fraction of sp³-hybridized carbons (Fsp3) is 0.750. The predicted octanol–water partition coefficient (Wildman–Crippen LogP) is -0.316. The summed E-state index contributed by atoms with van der Waals surface area (Å²) >= 11 is 0. The van der Waals surface area contributed by atoms with Crippen molar-refractivity contribution >= 4 is 16.4 Å². The van der Waals surface area contributed by atoms with Crippen LogP contribution in [0.2, 0.25) is 0 Å². The largest absolute Gasteiger partial charge is 0.320 e. The number of hydrogen-bond acceptors (Lipinski definition) is 2. The Morgan fingerprint density at radius 2 is 2.11 bits per heavy atom. The maximum absolute atomic E-state index is 10.5. The van der Waals surface area contributed by atoms with Crippen molar-refractivity contribution in [1.29, 1.82) is 0 Å². The van der Waals surface area contributed by atoms with Crippen molar-refractivity contribution in [3.63, 3.8) is 0 Å². The Morgan fingerprint density at radius 3 is 2.22 bits per heavy atom. The van der Waals surface area contributed by atoms with E-state index in [1.165, 1.54) is 6.21 Å². The van der Waals surface area contributed by atoms with E-state index in [4.69, 9.17) is 0 Å². The molecule has 1 N–H and O–H groups in total. The Morgan fingerprint density at radius 1 is 1.56 bits per heavy atom. The van der Waals surface area contributed by atoms with Gasteiger partial charge in [-0.25, -0.2) is 0 Å². The topological polar surface area (TPSA) is 58.5 Å². The molecule has 1 heterocycles. The Hall–Kier alpha value is -0.420. The van der Waals surface area contributed by atoms with Crippen LogP contribution in [0.25, 0.3) is 0 Å². The standard InChI is InChI=1S/C4H8N2O2S/c1-4(2)3-5-9(7,8)6-4/h3,6H,1-2H3. The molecule has 0 fully saturated rings. The minimum Gasteiger partial charge on any atom is -0.187 e. The molecule has 1 rings (SSSR count). The molecule has 0 aromatic heterocycles. The fourth-order valence-electron chi connectivity index (χ4n) is 0.586. The van der Waals surface area contributed by atoms with Gasteiger partial charge in [0, 0.05) is 6.21 Å². The van der Waals surface area contributed by atoms with Crippen LogP contribution in [0.1, 0.15) is 13.8 Å². The Bertz CT molecular complexity index is 239. The summed E-state index contributed by atoms with van der Waals surface area (Å²) in [6.45, 7) is 3.47. The smallest absolute Gasteiger partial charge is 0.187 e. The molecule has 52 valence electrons. The first-order chi connectivity index (χ1) is 3.91. The summed E-state index contributed by atoms with van der Waals surface area (Å²) in [6, 6.07) is 0. The van der Waals surface area contributed by atoms with Crippen molar-refractivity contribution in [2.75, 3.05) is 0 Å². The highest BCUT2D eigenvalue weighted by Crippen LogP contribution is 2.08. The van der Waals surface area contributed by atoms with Crippen molar-refractivity contribution in [3.05, 3.63) is 0 Å². The fourth-order valence-corrected chi connectivity index (χ4v) is 1.76. The highest BCUT2D eigenvalue weighted by Gasteiger charge is 2.28. The molecule has 4 nitrogen and oxygen atoms in total. The van der Waals surface area contributed by atoms with Gasteiger partial charge in [-0.05, 0) is 13.8 Å². The monoisotopic (exact) mass is 148 g/mol. The summed E-state index contributed by atoms with van der Waals surface area (Å²) in [7, 11) is -3.33. The van der Waals surface area contributed by atoms with Gasteiger partial charge in [-0.1, -0.05) is 0 Å². The molecular formula is C4H8N2O2S. The van der Waals surface area contributed by atoms with Gasteiger partial charge in [-0.3, -0.25) is 0 Å². The summed E-state index contributed by atoms with van der Waals surface area (Å²) in [5.74, 6) is 0. The lowest BCUT2D eigenvalue weighted by atomic mass is 10.1. The van der Waals surface area contributed by atoms with Crippen LogP contribution in [0.15, 0.2) is 4.40 Å². The van der Waals surface area contributed by atoms with E-state index in [0.29, 0.717) is 0 Å². The first-order valence-corrected chi connectivity index (χ1v) is 3.96. The molecule has 0 saturated heterocycles. The van der Waals surface area contributed by atoms with Crippen molar-refractivity contribution in [2.24, 2.45) is 4.40 Å². The quantitative estimate of drug-likeness (QED) is 0.512. The van der Waals surface area contributed by atoms with Crippen LogP contribution < -0.4 is 4.72 Å². The Kier molecular flexibility index (Phi) is 1.15. The molecule has 0 amide bonds. The summed E-state index contributed by atoms with van der Waals surface area (Å²) in [5.41, 5.74) is -0.501. The predicted molar refractivity (Wildman–Crippen MR) is 34.6 cm³/mol. The third-order valence-corrected chi connectivity index (χ3v) is 2.07. The van der Waals surface area contributed by atoms with Gasteiger partial charge in [0.2, 0.25) is 0 Å². The molecule has 0 unspecified atom stereocenters. The minimum absolute atomic E-state index is 0.501. The van der Waals surface area contributed by atoms with Crippen LogP contribution in [0, 0.1) is 0 Å². The molecule has 0 aliphatic carbocycles. The van der Waals surface area contributed by atoms with E-state index in [1.54, 1.807) is 13.8 Å². The van der Waals surface area contributed by atoms with Gasteiger partial charge in [0.15, 0.2) is 0 Å². The third-order valence-electron chi connectivity index (χ3n) is 0.906. The zero-order chi connectivity index (χ0) is 7.12. The van der Waals surface area contributed by atoms with E-state index in [-0.39, 0.29) is 0 Å². The van der Waals surface area contributed by atoms with Crippen LogP contribution in [0.4, 0.5) is 0 Å². The molecule has 0 radical (unpaired) electrons. The number of hydrogen-bond donors (Lipinski definition) is 1. The highest BCUT2D eigenvalue weighted by atomic mass is 32.2. The van der Waals surface area contributed by atoms with Crippen LogP contribution in [0.5, 0.6) is 0 Å². The number of nitrogens with zero attached hydrogens (tertiary/aromatic N) is 1. The van der Waals surface area contributed by atoms with Gasteiger partial charge in [0.25, 0.3) is 0 Å². The average Bonchev–Trinajstić information content (AvgIpc) is 1.78. The molecule has 9 heavy (non-hydrogen) atoms. The van der Waals surface area contributed by atoms with E-state index >= 15 is 0 Å². The highest BCUT2D eigenvalue weighted by molar-refractivity contribution is 7.88. The third kappa shape index (κ3) is 1.49. The number of rotatable bonds is 0. The van der Waals surface area contributed by atoms with Gasteiger partial charge in [-0.15, -0.1) is 0 Å². The molecule has 0 aromatic carbocycles. The zero-order valence-electron chi connectivity index (χ0n) is 5.25. The first kappa shape index (κ1) is 6.70. The molecule has 0 spiro atoms. The second kappa shape index (κ2) is 1.54. The summed E-state index contributed by atoms with van der Waals surface area (Å²) in [5, 5.41) is 0. The van der Waals surface area contributed by atoms with Crippen molar-refractivity contribution in [3.8, 4) is 0 Å². The Labute approximate surface area is 54.2 Å². The lowest BCUT2D eigenvalue weighted by Crippen LogP contribution is -2.37. The molecule has 1 aliphatic rings. The summed E-state index contributed by atoms with van der Waals surface area (Å²) in [4.78, 5) is 0. The van der Waals surface area contributed by atoms with Gasteiger partial charge >= 0.3 is 10.2 Å². The van der Waals surface area contributed by atoms with Gasteiger partial charge in [0.05, 0.1) is 5.54 Å². The second-order valence-electron chi connectivity index (χ2n) is 2.53. The van der Waals surface area contributed by atoms with Gasteiger partial charge < -0.3 is 0 Å². The average molecular weight is 148 g/mol. The van der Waals surface area contributed by atoms with E-state index < -0.39 is 15.7 Å². The second-order valence-corrected chi connectivity index (χ2v) is 3.90. The first-order valence-electron chi connectivity index (χ1n) is 2.52. The molecule has 0 bridgehead atoms. The van der Waals surface area contributed by atoms with E-state index in [9.17, 15) is 8.42 Å². The normalized spacial score (nSPS) is 28.7. The van der Waals surface area contributed by atoms with Crippen LogP contribution in [-0.4, -0.2) is 20.2 Å². The maximum atomic E-state index is 10.5. The summed E-state index contributed by atoms with van der Waals surface area (Å²) in [6.07, 6.45) is 1.38. The molecule has 0 saturated carbocycles. The zero-order valence-corrected chi connectivity index (χ0v) is 6.07. The summed E-state index contributed by atoms with van der Waals surface area (Å²) < 4.78 is 26.7. The molecule has 5 heteroatoms. The molecule has 1 aliphatic heterocycles.